The summed E-state index contributed by atoms with van der Waals surface area (Å²) < 4.78 is 0. The zero-order chi connectivity index (χ0) is 26.7. The number of benzene rings is 4. The van der Waals surface area contributed by atoms with E-state index in [0.29, 0.717) is 17.9 Å². The van der Waals surface area contributed by atoms with Gasteiger partial charge in [-0.15, -0.1) is 0 Å². The molecule has 6 heteroatoms. The molecular formula is C32H32N4O2. The summed E-state index contributed by atoms with van der Waals surface area (Å²) >= 11 is 0. The summed E-state index contributed by atoms with van der Waals surface area (Å²) in [6, 6.07) is 32.0. The van der Waals surface area contributed by atoms with Crippen molar-refractivity contribution in [3.05, 3.63) is 131 Å². The molecule has 0 radical (unpaired) electrons. The van der Waals surface area contributed by atoms with Crippen LogP contribution in [0.4, 0.5) is 17.1 Å². The summed E-state index contributed by atoms with van der Waals surface area (Å²) in [6.45, 7) is 2.64. The van der Waals surface area contributed by atoms with Gasteiger partial charge in [0.15, 0.2) is 0 Å². The second-order valence-electron chi connectivity index (χ2n) is 8.92. The average molecular weight is 505 g/mol. The van der Waals surface area contributed by atoms with Gasteiger partial charge in [-0.25, -0.2) is 0 Å². The van der Waals surface area contributed by atoms with Crippen molar-refractivity contribution in [3.63, 3.8) is 0 Å². The molecule has 6 nitrogen and oxygen atoms in total. The molecule has 0 bridgehead atoms. The van der Waals surface area contributed by atoms with Crippen LogP contribution in [0.3, 0.4) is 0 Å². The van der Waals surface area contributed by atoms with Crippen LogP contribution in [0.1, 0.15) is 35.2 Å². The first kappa shape index (κ1) is 26.4. The van der Waals surface area contributed by atoms with E-state index in [1.807, 2.05) is 91.0 Å². The molecule has 4 rings (SSSR count). The van der Waals surface area contributed by atoms with Crippen molar-refractivity contribution in [2.24, 2.45) is 0 Å². The van der Waals surface area contributed by atoms with Gasteiger partial charge in [-0.3, -0.25) is 14.9 Å². The first-order valence-electron chi connectivity index (χ1n) is 12.6. The summed E-state index contributed by atoms with van der Waals surface area (Å²) in [5.74, 6) is -0.420. The first-order valence-corrected chi connectivity index (χ1v) is 12.6. The van der Waals surface area contributed by atoms with Gasteiger partial charge in [0.1, 0.15) is 6.04 Å². The lowest BCUT2D eigenvalue weighted by molar-refractivity contribution is -0.118. The molecule has 2 amide bonds. The normalized spacial score (nSPS) is 11.7. The number of anilines is 3. The Labute approximate surface area is 223 Å². The maximum absolute atomic E-state index is 13.3. The van der Waals surface area contributed by atoms with Gasteiger partial charge in [0.25, 0.3) is 0 Å². The third-order valence-electron chi connectivity index (χ3n) is 6.16. The molecule has 1 atom stereocenters. The van der Waals surface area contributed by atoms with E-state index in [1.165, 1.54) is 11.6 Å². The van der Waals surface area contributed by atoms with Crippen LogP contribution in [0.25, 0.3) is 6.08 Å². The number of aryl methyl sites for hydroxylation is 1. The molecule has 4 aromatic rings. The molecule has 192 valence electrons. The fourth-order valence-corrected chi connectivity index (χ4v) is 3.97. The van der Waals surface area contributed by atoms with Crippen LogP contribution < -0.4 is 21.7 Å². The number of carbonyl (C=O) groups is 2. The van der Waals surface area contributed by atoms with Gasteiger partial charge >= 0.3 is 0 Å². The van der Waals surface area contributed by atoms with Crippen LogP contribution in [0.5, 0.6) is 0 Å². The lowest BCUT2D eigenvalue weighted by Crippen LogP contribution is -2.32. The van der Waals surface area contributed by atoms with Crippen molar-refractivity contribution in [1.82, 2.24) is 5.32 Å². The van der Waals surface area contributed by atoms with E-state index < -0.39 is 6.04 Å². The lowest BCUT2D eigenvalue weighted by atomic mass is 10.0. The van der Waals surface area contributed by atoms with Crippen LogP contribution in [-0.2, 0) is 22.6 Å². The van der Waals surface area contributed by atoms with E-state index >= 15 is 0 Å². The smallest absolute Gasteiger partial charge is 0.248 e. The van der Waals surface area contributed by atoms with E-state index in [4.69, 9.17) is 5.73 Å². The molecule has 0 heterocycles. The minimum absolute atomic E-state index is 0.145. The molecule has 0 saturated heterocycles. The second kappa shape index (κ2) is 13.0. The van der Waals surface area contributed by atoms with Crippen molar-refractivity contribution < 1.29 is 9.59 Å². The van der Waals surface area contributed by atoms with E-state index in [9.17, 15) is 9.59 Å². The Balaban J connectivity index is 1.46. The van der Waals surface area contributed by atoms with Crippen molar-refractivity contribution in [2.75, 3.05) is 16.4 Å². The Morgan fingerprint density at radius 1 is 0.789 bits per heavy atom. The van der Waals surface area contributed by atoms with E-state index in [-0.39, 0.29) is 11.8 Å². The topological polar surface area (TPSA) is 96.2 Å². The van der Waals surface area contributed by atoms with Gasteiger partial charge in [0.2, 0.25) is 11.8 Å². The first-order chi connectivity index (χ1) is 18.5. The molecular weight excluding hydrogens is 472 g/mol. The van der Waals surface area contributed by atoms with Crippen LogP contribution in [0.2, 0.25) is 0 Å². The van der Waals surface area contributed by atoms with Gasteiger partial charge in [-0.1, -0.05) is 85.8 Å². The highest BCUT2D eigenvalue weighted by Gasteiger charge is 2.20. The van der Waals surface area contributed by atoms with Crippen LogP contribution in [-0.4, -0.2) is 11.8 Å². The molecule has 0 aromatic heterocycles. The molecule has 1 unspecified atom stereocenters. The summed E-state index contributed by atoms with van der Waals surface area (Å²) in [6.07, 6.45) is 4.12. The van der Waals surface area contributed by atoms with Crippen LogP contribution >= 0.6 is 0 Å². The minimum atomic E-state index is -0.566. The van der Waals surface area contributed by atoms with Gasteiger partial charge < -0.3 is 16.4 Å². The summed E-state index contributed by atoms with van der Waals surface area (Å²) in [4.78, 5) is 25.7. The van der Waals surface area contributed by atoms with Gasteiger partial charge in [-0.05, 0) is 59.0 Å². The zero-order valence-corrected chi connectivity index (χ0v) is 21.4. The quantitative estimate of drug-likeness (QED) is 0.158. The highest BCUT2D eigenvalue weighted by molar-refractivity contribution is 6.03. The molecule has 4 aromatic carbocycles. The SMILES string of the molecule is CCc1ccc(NC(=O)C(NCc2ccccc2)c2ccc(/C=C/C(=O)Nc3ccccc3N)cc2)cc1. The van der Waals surface area contributed by atoms with Gasteiger partial charge in [-0.2, -0.15) is 0 Å². The van der Waals surface area contributed by atoms with Gasteiger partial charge in [0.05, 0.1) is 11.4 Å². The maximum Gasteiger partial charge on any atom is 0.248 e. The Morgan fingerprint density at radius 2 is 1.47 bits per heavy atom. The monoisotopic (exact) mass is 504 g/mol. The lowest BCUT2D eigenvalue weighted by Gasteiger charge is -2.19. The fraction of sp³-hybridized carbons (Fsp3) is 0.125. The van der Waals surface area contributed by atoms with Crippen molar-refractivity contribution in [3.8, 4) is 0 Å². The third-order valence-corrected chi connectivity index (χ3v) is 6.16. The zero-order valence-electron chi connectivity index (χ0n) is 21.4. The minimum Gasteiger partial charge on any atom is -0.397 e. The Hall–Kier alpha value is -4.68. The standard InChI is InChI=1S/C32H32N4O2/c1-2-23-14-19-27(20-15-23)35-32(38)31(34-22-25-8-4-3-5-9-25)26-17-12-24(13-18-26)16-21-30(37)36-29-11-7-6-10-28(29)33/h3-21,31,34H,2,22,33H2,1H3,(H,35,38)(H,36,37)/b21-16+. The number of para-hydroxylation sites is 2. The molecule has 0 saturated carbocycles. The van der Waals surface area contributed by atoms with Crippen LogP contribution in [0.15, 0.2) is 109 Å². The van der Waals surface area contributed by atoms with E-state index in [0.717, 1.165) is 28.8 Å². The molecule has 38 heavy (non-hydrogen) atoms. The number of nitrogens with two attached hydrogens (primary N) is 1. The number of amides is 2. The number of nitrogen functional groups attached to an aromatic ring is 1. The third kappa shape index (κ3) is 7.41. The molecule has 0 fully saturated rings. The predicted molar refractivity (Wildman–Crippen MR) is 155 cm³/mol. The predicted octanol–water partition coefficient (Wildman–Crippen LogP) is 5.95. The largest absolute Gasteiger partial charge is 0.397 e. The number of hydrogen-bond donors (Lipinski definition) is 4. The number of carbonyl (C=O) groups excluding carboxylic acids is 2. The summed E-state index contributed by atoms with van der Waals surface area (Å²) in [5.41, 5.74) is 11.7. The second-order valence-corrected chi connectivity index (χ2v) is 8.92. The average Bonchev–Trinajstić information content (AvgIpc) is 2.95. The summed E-state index contributed by atoms with van der Waals surface area (Å²) in [7, 11) is 0. The Morgan fingerprint density at radius 3 is 2.16 bits per heavy atom. The Kier molecular flexibility index (Phi) is 9.05. The fourth-order valence-electron chi connectivity index (χ4n) is 3.97. The highest BCUT2D eigenvalue weighted by atomic mass is 16.2. The van der Waals surface area contributed by atoms with Crippen molar-refractivity contribution in [2.45, 2.75) is 25.9 Å². The van der Waals surface area contributed by atoms with E-state index in [1.54, 1.807) is 18.2 Å². The molecule has 5 N–H and O–H groups in total. The molecule has 0 aliphatic carbocycles. The molecule has 0 aliphatic rings. The van der Waals surface area contributed by atoms with E-state index in [2.05, 4.69) is 22.9 Å². The number of rotatable bonds is 10. The van der Waals surface area contributed by atoms with Gasteiger partial charge in [0, 0.05) is 18.3 Å². The highest BCUT2D eigenvalue weighted by Crippen LogP contribution is 2.20. The van der Waals surface area contributed by atoms with Crippen molar-refractivity contribution in [1.29, 1.82) is 0 Å². The Bertz CT molecular complexity index is 1380. The number of nitrogens with one attached hydrogen (secondary N) is 3. The molecule has 0 aliphatic heterocycles. The maximum atomic E-state index is 13.3. The van der Waals surface area contributed by atoms with Crippen LogP contribution in [0, 0.1) is 0 Å². The molecule has 0 spiro atoms. The van der Waals surface area contributed by atoms with Crippen molar-refractivity contribution >= 4 is 35.0 Å². The number of hydrogen-bond acceptors (Lipinski definition) is 4. The summed E-state index contributed by atoms with van der Waals surface area (Å²) in [5, 5.41) is 9.20.